The van der Waals surface area contributed by atoms with Crippen LogP contribution in [0.1, 0.15) is 20.8 Å². The molecule has 0 heterocycles. The Morgan fingerprint density at radius 2 is 0.909 bits per heavy atom. The maximum absolute atomic E-state index is 2.32. The van der Waals surface area contributed by atoms with Crippen LogP contribution in [0, 0.1) is 0 Å². The van der Waals surface area contributed by atoms with Crippen LogP contribution >= 0.6 is 37.2 Å². The van der Waals surface area contributed by atoms with Crippen molar-refractivity contribution >= 4 is 51.4 Å². The summed E-state index contributed by atoms with van der Waals surface area (Å²) in [7, 11) is 0. The van der Waals surface area contributed by atoms with Crippen molar-refractivity contribution < 1.29 is 21.7 Å². The van der Waals surface area contributed by atoms with E-state index in [1.807, 2.05) is 0 Å². The van der Waals surface area contributed by atoms with E-state index in [-0.39, 0.29) is 73.1 Å². The molecule has 0 atom stereocenters. The zero-order valence-electron chi connectivity index (χ0n) is 7.42. The maximum Gasteiger partial charge on any atom is 0.261 e. The predicted octanol–water partition coefficient (Wildman–Crippen LogP) is 3.80. The molecule has 0 amide bonds. The van der Waals surface area contributed by atoms with Gasteiger partial charge in [-0.1, -0.05) is 36.6 Å². The number of halogens is 3. The molecule has 0 spiro atoms. The third-order valence-electron chi connectivity index (χ3n) is 1.73. The van der Waals surface area contributed by atoms with Gasteiger partial charge >= 0.3 is 0 Å². The van der Waals surface area contributed by atoms with Crippen molar-refractivity contribution in [3.05, 3.63) is 0 Å². The summed E-state index contributed by atoms with van der Waals surface area (Å²) in [6.07, 6.45) is 0. The van der Waals surface area contributed by atoms with E-state index in [2.05, 4.69) is 20.8 Å². The van der Waals surface area contributed by atoms with Crippen LogP contribution in [0.25, 0.3) is 0 Å². The van der Waals surface area contributed by atoms with Crippen molar-refractivity contribution in [1.29, 1.82) is 0 Å². The van der Waals surface area contributed by atoms with Crippen molar-refractivity contribution in [1.82, 2.24) is 0 Å². The SMILES string of the molecule is C[CH2][Al]([CH2]C)[CH2]C.Cl.Cl.Cl.[Ti]. The summed E-state index contributed by atoms with van der Waals surface area (Å²) in [5, 5.41) is 4.48. The molecule has 0 rings (SSSR count). The monoisotopic (exact) mass is 270 g/mol. The van der Waals surface area contributed by atoms with Crippen molar-refractivity contribution in [3.63, 3.8) is 0 Å². The number of hydrogen-bond donors (Lipinski definition) is 0. The first-order valence-corrected chi connectivity index (χ1v) is 5.80. The molecule has 0 unspecified atom stereocenters. The molecule has 0 aliphatic heterocycles. The molecule has 0 saturated carbocycles. The summed E-state index contributed by atoms with van der Waals surface area (Å²) in [5.74, 6) is 0. The summed E-state index contributed by atoms with van der Waals surface area (Å²) in [6, 6.07) is 0. The van der Waals surface area contributed by atoms with Gasteiger partial charge in [0.1, 0.15) is 0 Å². The molecule has 0 bridgehead atoms. The van der Waals surface area contributed by atoms with Gasteiger partial charge in [0.25, 0.3) is 14.1 Å². The summed E-state index contributed by atoms with van der Waals surface area (Å²) in [4.78, 5) is 0. The molecule has 0 aliphatic rings. The van der Waals surface area contributed by atoms with Crippen molar-refractivity contribution in [3.8, 4) is 0 Å². The van der Waals surface area contributed by atoms with E-state index in [4.69, 9.17) is 0 Å². The second kappa shape index (κ2) is 22.7. The molecule has 0 nitrogen and oxygen atoms in total. The summed E-state index contributed by atoms with van der Waals surface area (Å²) >= 11 is -0.171. The van der Waals surface area contributed by atoms with Gasteiger partial charge in [-0.05, 0) is 0 Å². The zero-order chi connectivity index (χ0) is 5.70. The van der Waals surface area contributed by atoms with Crippen LogP contribution in [-0.4, -0.2) is 14.1 Å². The first-order chi connectivity index (χ1) is 3.35. The van der Waals surface area contributed by atoms with Gasteiger partial charge in [0.2, 0.25) is 0 Å². The molecule has 0 fully saturated rings. The molecule has 0 aromatic heterocycles. The molecule has 70 valence electrons. The van der Waals surface area contributed by atoms with Crippen LogP contribution in [0.4, 0.5) is 0 Å². The molecule has 0 aliphatic carbocycles. The quantitative estimate of drug-likeness (QED) is 0.685. The van der Waals surface area contributed by atoms with E-state index in [0.29, 0.717) is 0 Å². The van der Waals surface area contributed by atoms with E-state index in [1.54, 1.807) is 0 Å². The molecule has 11 heavy (non-hydrogen) atoms. The van der Waals surface area contributed by atoms with E-state index in [0.717, 1.165) is 0 Å². The number of rotatable bonds is 3. The normalized spacial score (nSPS) is 5.73. The molecule has 0 aromatic rings. The average Bonchev–Trinajstić information content (AvgIpc) is 1.72. The van der Waals surface area contributed by atoms with Crippen LogP contribution in [-0.2, 0) is 21.7 Å². The fraction of sp³-hybridized carbons (Fsp3) is 1.00. The smallest absolute Gasteiger partial charge is 0.147 e. The van der Waals surface area contributed by atoms with Crippen molar-refractivity contribution in [2.24, 2.45) is 0 Å². The average molecular weight is 271 g/mol. The van der Waals surface area contributed by atoms with Gasteiger partial charge in [-0.15, -0.1) is 37.2 Å². The first-order valence-electron chi connectivity index (χ1n) is 3.35. The Kier molecular flexibility index (Phi) is 60.4. The van der Waals surface area contributed by atoms with Crippen LogP contribution in [0.15, 0.2) is 0 Å². The van der Waals surface area contributed by atoms with Crippen molar-refractivity contribution in [2.45, 2.75) is 36.6 Å². The molecule has 5 heteroatoms. The van der Waals surface area contributed by atoms with E-state index < -0.39 is 0 Å². The Morgan fingerprint density at radius 1 is 0.727 bits per heavy atom. The van der Waals surface area contributed by atoms with Crippen LogP contribution in [0.2, 0.25) is 15.8 Å². The standard InChI is InChI=1S/3C2H5.Al.3ClH.Ti/c3*1-2;;;;;/h3*1H2,2H3;;3*1H;. The Bertz CT molecular complexity index is 39.3. The topological polar surface area (TPSA) is 0 Å². The second-order valence-corrected chi connectivity index (χ2v) is 6.27. The van der Waals surface area contributed by atoms with Gasteiger partial charge in [0.05, 0.1) is 0 Å². The van der Waals surface area contributed by atoms with E-state index in [1.165, 1.54) is 15.8 Å². The van der Waals surface area contributed by atoms with Gasteiger partial charge in [0, 0.05) is 21.7 Å². The maximum atomic E-state index is 2.32. The van der Waals surface area contributed by atoms with Gasteiger partial charge in [0.15, 0.2) is 0 Å². The minimum atomic E-state index is -0.171. The van der Waals surface area contributed by atoms with Gasteiger partial charge < -0.3 is 0 Å². The third-order valence-corrected chi connectivity index (χ3v) is 5.20. The molecule has 0 N–H and O–H groups in total. The molecular weight excluding hydrogens is 253 g/mol. The number of hydrogen-bond acceptors (Lipinski definition) is 0. The fourth-order valence-corrected chi connectivity index (χ4v) is 2.60. The Balaban J connectivity index is -0.0000000300. The first kappa shape index (κ1) is 29.2. The summed E-state index contributed by atoms with van der Waals surface area (Å²) in [5.41, 5.74) is 0. The van der Waals surface area contributed by atoms with Gasteiger partial charge in [-0.25, -0.2) is 0 Å². The molecule has 0 saturated heterocycles. The van der Waals surface area contributed by atoms with Crippen LogP contribution in [0.5, 0.6) is 0 Å². The minimum absolute atomic E-state index is 0. The van der Waals surface area contributed by atoms with Gasteiger partial charge in [-0.3, -0.25) is 0 Å². The largest absolute Gasteiger partial charge is 0.261 e. The Labute approximate surface area is 109 Å². The van der Waals surface area contributed by atoms with Crippen LogP contribution in [0.3, 0.4) is 0 Å². The Morgan fingerprint density at radius 3 is 0.909 bits per heavy atom. The fourth-order valence-electron chi connectivity index (χ4n) is 0.866. The Hall–Kier alpha value is 2.12. The summed E-state index contributed by atoms with van der Waals surface area (Å²) < 4.78 is 0. The minimum Gasteiger partial charge on any atom is -0.147 e. The van der Waals surface area contributed by atoms with E-state index >= 15 is 0 Å². The molecule has 0 radical (unpaired) electrons. The van der Waals surface area contributed by atoms with Crippen LogP contribution < -0.4 is 0 Å². The second-order valence-electron chi connectivity index (χ2n) is 2.09. The molecular formula is C6H18AlCl3Ti. The third kappa shape index (κ3) is 18.8. The zero-order valence-corrected chi connectivity index (χ0v) is 12.6. The predicted molar refractivity (Wildman–Crippen MR) is 58.9 cm³/mol. The molecule has 0 aromatic carbocycles. The van der Waals surface area contributed by atoms with E-state index in [9.17, 15) is 0 Å². The van der Waals surface area contributed by atoms with Crippen molar-refractivity contribution in [2.75, 3.05) is 0 Å². The summed E-state index contributed by atoms with van der Waals surface area (Å²) in [6.45, 7) is 6.97. The van der Waals surface area contributed by atoms with Gasteiger partial charge in [-0.2, -0.15) is 0 Å².